The number of nitrogens with one attached hydrogen (secondary N) is 2. The molecule has 7 nitrogen and oxygen atoms in total. The number of rotatable bonds is 5. The number of carbonyl (C=O) groups excluding carboxylic acids is 2. The van der Waals surface area contributed by atoms with Crippen LogP contribution in [0.5, 0.6) is 0 Å². The summed E-state index contributed by atoms with van der Waals surface area (Å²) in [7, 11) is 0. The van der Waals surface area contributed by atoms with Gasteiger partial charge >= 0.3 is 0 Å². The molecule has 0 fully saturated rings. The number of amides is 2. The Kier molecular flexibility index (Phi) is 4.62. The second-order valence-electron chi connectivity index (χ2n) is 4.90. The number of nitrogens with zero attached hydrogens (tertiary/aromatic N) is 2. The monoisotopic (exact) mass is 322 g/mol. The zero-order valence-electron chi connectivity index (χ0n) is 12.6. The van der Waals surface area contributed by atoms with Crippen LogP contribution >= 0.6 is 0 Å². The number of hydrogen-bond donors (Lipinski definition) is 2. The Morgan fingerprint density at radius 3 is 2.54 bits per heavy atom. The molecule has 7 heteroatoms. The van der Waals surface area contributed by atoms with Crippen molar-refractivity contribution < 1.29 is 14.0 Å². The highest BCUT2D eigenvalue weighted by Crippen LogP contribution is 2.12. The van der Waals surface area contributed by atoms with Crippen LogP contribution in [0.15, 0.2) is 65.7 Å². The van der Waals surface area contributed by atoms with Crippen molar-refractivity contribution in [1.82, 2.24) is 15.3 Å². The van der Waals surface area contributed by atoms with Crippen LogP contribution in [0.4, 0.5) is 5.69 Å². The first kappa shape index (κ1) is 15.4. The standard InChI is InChI=1S/C17H14N4O3/c22-16(14-11-18-7-8-19-14)20-10-12-3-5-13(6-4-12)21-17(23)15-2-1-9-24-15/h1-9,11H,10H2,(H,20,22)(H,21,23). The maximum Gasteiger partial charge on any atom is 0.291 e. The highest BCUT2D eigenvalue weighted by Gasteiger charge is 2.09. The van der Waals surface area contributed by atoms with Crippen molar-refractivity contribution in [3.05, 3.63) is 78.3 Å². The summed E-state index contributed by atoms with van der Waals surface area (Å²) in [6, 6.07) is 10.4. The third-order valence-electron chi connectivity index (χ3n) is 3.21. The first-order valence-corrected chi connectivity index (χ1v) is 7.20. The van der Waals surface area contributed by atoms with Crippen LogP contribution in [0.2, 0.25) is 0 Å². The fourth-order valence-electron chi connectivity index (χ4n) is 2.00. The fourth-order valence-corrected chi connectivity index (χ4v) is 2.00. The van der Waals surface area contributed by atoms with E-state index in [9.17, 15) is 9.59 Å². The van der Waals surface area contributed by atoms with E-state index in [2.05, 4.69) is 20.6 Å². The minimum atomic E-state index is -0.316. The number of aromatic nitrogens is 2. The van der Waals surface area contributed by atoms with Crippen molar-refractivity contribution in [2.75, 3.05) is 5.32 Å². The Balaban J connectivity index is 1.55. The molecular formula is C17H14N4O3. The van der Waals surface area contributed by atoms with E-state index in [1.54, 1.807) is 24.3 Å². The summed E-state index contributed by atoms with van der Waals surface area (Å²) in [4.78, 5) is 31.5. The molecule has 0 radical (unpaired) electrons. The average Bonchev–Trinajstić information content (AvgIpc) is 3.16. The van der Waals surface area contributed by atoms with Gasteiger partial charge in [-0.25, -0.2) is 4.98 Å². The molecule has 0 aliphatic carbocycles. The van der Waals surface area contributed by atoms with Gasteiger partial charge < -0.3 is 15.1 Å². The van der Waals surface area contributed by atoms with Crippen molar-refractivity contribution in [3.8, 4) is 0 Å². The predicted molar refractivity (Wildman–Crippen MR) is 86.3 cm³/mol. The van der Waals surface area contributed by atoms with Crippen LogP contribution in [-0.4, -0.2) is 21.8 Å². The van der Waals surface area contributed by atoms with E-state index in [1.807, 2.05) is 12.1 Å². The van der Waals surface area contributed by atoms with Crippen LogP contribution in [0.25, 0.3) is 0 Å². The zero-order chi connectivity index (χ0) is 16.8. The molecule has 24 heavy (non-hydrogen) atoms. The van der Waals surface area contributed by atoms with Gasteiger partial charge in [0.2, 0.25) is 0 Å². The summed E-state index contributed by atoms with van der Waals surface area (Å²) in [6.45, 7) is 0.349. The Labute approximate surface area is 137 Å². The summed E-state index contributed by atoms with van der Waals surface area (Å²) in [5, 5.41) is 5.48. The summed E-state index contributed by atoms with van der Waals surface area (Å²) >= 11 is 0. The van der Waals surface area contributed by atoms with Gasteiger partial charge in [-0.1, -0.05) is 12.1 Å². The number of anilines is 1. The van der Waals surface area contributed by atoms with E-state index in [4.69, 9.17) is 4.42 Å². The second-order valence-corrected chi connectivity index (χ2v) is 4.90. The van der Waals surface area contributed by atoms with Crippen LogP contribution in [-0.2, 0) is 6.54 Å². The van der Waals surface area contributed by atoms with Gasteiger partial charge in [0.25, 0.3) is 11.8 Å². The number of carbonyl (C=O) groups is 2. The summed E-state index contributed by atoms with van der Waals surface area (Å²) in [5.74, 6) is -0.364. The normalized spacial score (nSPS) is 10.2. The number of benzene rings is 1. The Bertz CT molecular complexity index is 815. The van der Waals surface area contributed by atoms with Gasteiger partial charge in [-0.05, 0) is 29.8 Å². The van der Waals surface area contributed by atoms with Crippen molar-refractivity contribution >= 4 is 17.5 Å². The highest BCUT2D eigenvalue weighted by atomic mass is 16.3. The lowest BCUT2D eigenvalue weighted by Gasteiger charge is -2.07. The van der Waals surface area contributed by atoms with Gasteiger partial charge in [0.05, 0.1) is 12.5 Å². The molecule has 0 spiro atoms. The number of hydrogen-bond acceptors (Lipinski definition) is 5. The molecule has 3 aromatic rings. The molecule has 0 saturated heterocycles. The summed E-state index contributed by atoms with van der Waals surface area (Å²) < 4.78 is 5.03. The maximum atomic E-state index is 11.9. The van der Waals surface area contributed by atoms with E-state index < -0.39 is 0 Å². The number of furan rings is 1. The van der Waals surface area contributed by atoms with Crippen molar-refractivity contribution in [1.29, 1.82) is 0 Å². The van der Waals surface area contributed by atoms with E-state index in [0.717, 1.165) is 5.56 Å². The first-order valence-electron chi connectivity index (χ1n) is 7.20. The van der Waals surface area contributed by atoms with Crippen LogP contribution in [0.3, 0.4) is 0 Å². The van der Waals surface area contributed by atoms with E-state index in [-0.39, 0.29) is 23.3 Å². The van der Waals surface area contributed by atoms with Gasteiger partial charge in [0, 0.05) is 24.6 Å². The third-order valence-corrected chi connectivity index (χ3v) is 3.21. The van der Waals surface area contributed by atoms with Crippen LogP contribution in [0.1, 0.15) is 26.6 Å². The second kappa shape index (κ2) is 7.19. The largest absolute Gasteiger partial charge is 0.459 e. The molecule has 0 atom stereocenters. The first-order chi connectivity index (χ1) is 11.7. The van der Waals surface area contributed by atoms with Gasteiger partial charge in [0.1, 0.15) is 5.69 Å². The van der Waals surface area contributed by atoms with Crippen molar-refractivity contribution in [3.63, 3.8) is 0 Å². The van der Waals surface area contributed by atoms with Crippen molar-refractivity contribution in [2.45, 2.75) is 6.54 Å². The molecule has 0 bridgehead atoms. The molecule has 2 amide bonds. The minimum absolute atomic E-state index is 0.246. The minimum Gasteiger partial charge on any atom is -0.459 e. The average molecular weight is 322 g/mol. The quantitative estimate of drug-likeness (QED) is 0.751. The zero-order valence-corrected chi connectivity index (χ0v) is 12.6. The molecule has 120 valence electrons. The topological polar surface area (TPSA) is 97.1 Å². The lowest BCUT2D eigenvalue weighted by Crippen LogP contribution is -2.23. The SMILES string of the molecule is O=C(NCc1ccc(NC(=O)c2ccco2)cc1)c1cnccn1. The third kappa shape index (κ3) is 3.83. The van der Waals surface area contributed by atoms with Crippen LogP contribution in [0, 0.1) is 0 Å². The Morgan fingerprint density at radius 2 is 1.88 bits per heavy atom. The fraction of sp³-hybridized carbons (Fsp3) is 0.0588. The highest BCUT2D eigenvalue weighted by molar-refractivity contribution is 6.02. The smallest absolute Gasteiger partial charge is 0.291 e. The molecule has 0 aliphatic rings. The van der Waals surface area contributed by atoms with Gasteiger partial charge in [0.15, 0.2) is 5.76 Å². The molecule has 2 aromatic heterocycles. The van der Waals surface area contributed by atoms with Gasteiger partial charge in [-0.15, -0.1) is 0 Å². The van der Waals surface area contributed by atoms with E-state index >= 15 is 0 Å². The Morgan fingerprint density at radius 1 is 1.04 bits per heavy atom. The Hall–Kier alpha value is -3.48. The van der Waals surface area contributed by atoms with Crippen molar-refractivity contribution in [2.24, 2.45) is 0 Å². The lowest BCUT2D eigenvalue weighted by molar-refractivity contribution is 0.0944. The molecule has 0 saturated carbocycles. The molecule has 3 rings (SSSR count). The molecule has 2 heterocycles. The summed E-state index contributed by atoms with van der Waals surface area (Å²) in [5.41, 5.74) is 1.79. The molecular weight excluding hydrogens is 308 g/mol. The van der Waals surface area contributed by atoms with E-state index in [0.29, 0.717) is 12.2 Å². The summed E-state index contributed by atoms with van der Waals surface area (Å²) in [6.07, 6.45) is 5.82. The maximum absolute atomic E-state index is 11.9. The molecule has 0 aliphatic heterocycles. The van der Waals surface area contributed by atoms with Gasteiger partial charge in [-0.2, -0.15) is 0 Å². The molecule has 1 aromatic carbocycles. The van der Waals surface area contributed by atoms with Gasteiger partial charge in [-0.3, -0.25) is 14.6 Å². The van der Waals surface area contributed by atoms with E-state index in [1.165, 1.54) is 24.9 Å². The predicted octanol–water partition coefficient (Wildman–Crippen LogP) is 2.25. The molecule has 0 unspecified atom stereocenters. The van der Waals surface area contributed by atoms with Crippen LogP contribution < -0.4 is 10.6 Å². The molecule has 2 N–H and O–H groups in total. The lowest BCUT2D eigenvalue weighted by atomic mass is 10.2.